The molecular weight excluding hydrogens is 248 g/mol. The van der Waals surface area contributed by atoms with Crippen molar-refractivity contribution >= 4 is 23.5 Å². The molecule has 0 N–H and O–H groups in total. The van der Waals surface area contributed by atoms with Crippen LogP contribution in [0.3, 0.4) is 0 Å². The summed E-state index contributed by atoms with van der Waals surface area (Å²) in [6.45, 7) is 2.73. The molecule has 0 amide bonds. The first-order valence-corrected chi connectivity index (χ1v) is 6.07. The Hall–Kier alpha value is -1.87. The molecule has 1 aromatic heterocycles. The smallest absolute Gasteiger partial charge is 0.189 e. The monoisotopic (exact) mass is 260 g/mol. The number of allylic oxidation sites excluding steroid dienone is 1. The topological polar surface area (TPSA) is 34.9 Å². The lowest BCUT2D eigenvalue weighted by Crippen LogP contribution is -1.94. The molecular formula is C14H13ClN2O. The van der Waals surface area contributed by atoms with Gasteiger partial charge in [-0.05, 0) is 30.7 Å². The Kier molecular flexibility index (Phi) is 3.95. The summed E-state index contributed by atoms with van der Waals surface area (Å²) in [5, 5.41) is 4.72. The van der Waals surface area contributed by atoms with Crippen LogP contribution in [-0.2, 0) is 6.54 Å². The summed E-state index contributed by atoms with van der Waals surface area (Å²) in [5.41, 5.74) is 1.49. The van der Waals surface area contributed by atoms with Gasteiger partial charge in [-0.2, -0.15) is 5.10 Å². The Labute approximate surface area is 111 Å². The Morgan fingerprint density at radius 2 is 2.33 bits per heavy atom. The van der Waals surface area contributed by atoms with Gasteiger partial charge in [-0.15, -0.1) is 0 Å². The second-order valence-electron chi connectivity index (χ2n) is 3.84. The number of rotatable bonds is 4. The van der Waals surface area contributed by atoms with Crippen LogP contribution >= 0.6 is 11.6 Å². The molecule has 18 heavy (non-hydrogen) atoms. The van der Waals surface area contributed by atoms with Crippen LogP contribution in [-0.4, -0.2) is 15.6 Å². The maximum atomic E-state index is 11.9. The Balaban J connectivity index is 2.11. The standard InChI is InChI=1S/C14H13ClN2O/c1-2-17-10-12(9-16-17)14(18)7-6-11-4-3-5-13(15)8-11/h3-10H,2H2,1H3. The molecule has 1 aromatic carbocycles. The molecule has 2 rings (SSSR count). The molecule has 3 nitrogen and oxygen atoms in total. The van der Waals surface area contributed by atoms with E-state index in [-0.39, 0.29) is 5.78 Å². The zero-order valence-electron chi connectivity index (χ0n) is 10.0. The number of hydrogen-bond acceptors (Lipinski definition) is 2. The molecule has 0 aliphatic heterocycles. The number of hydrogen-bond donors (Lipinski definition) is 0. The molecule has 0 unspecified atom stereocenters. The normalized spacial score (nSPS) is 11.0. The van der Waals surface area contributed by atoms with Crippen LogP contribution in [0.15, 0.2) is 42.7 Å². The summed E-state index contributed by atoms with van der Waals surface area (Å²) in [6.07, 6.45) is 6.60. The lowest BCUT2D eigenvalue weighted by atomic mass is 10.1. The van der Waals surface area contributed by atoms with E-state index in [0.29, 0.717) is 10.6 Å². The van der Waals surface area contributed by atoms with Crippen molar-refractivity contribution in [2.24, 2.45) is 0 Å². The van der Waals surface area contributed by atoms with E-state index in [1.165, 1.54) is 6.08 Å². The molecule has 1 heterocycles. The van der Waals surface area contributed by atoms with Gasteiger partial charge in [0.25, 0.3) is 0 Å². The highest BCUT2D eigenvalue weighted by molar-refractivity contribution is 6.30. The molecule has 2 aromatic rings. The molecule has 0 bridgehead atoms. The first kappa shape index (κ1) is 12.6. The maximum Gasteiger partial charge on any atom is 0.189 e. The van der Waals surface area contributed by atoms with Crippen molar-refractivity contribution in [1.82, 2.24) is 9.78 Å². The van der Waals surface area contributed by atoms with Gasteiger partial charge in [0, 0.05) is 17.8 Å². The van der Waals surface area contributed by atoms with Crippen molar-refractivity contribution < 1.29 is 4.79 Å². The Morgan fingerprint density at radius 1 is 1.50 bits per heavy atom. The van der Waals surface area contributed by atoms with Gasteiger partial charge >= 0.3 is 0 Å². The van der Waals surface area contributed by atoms with E-state index in [4.69, 9.17) is 11.6 Å². The highest BCUT2D eigenvalue weighted by Gasteiger charge is 2.04. The quantitative estimate of drug-likeness (QED) is 0.623. The van der Waals surface area contributed by atoms with Crippen LogP contribution < -0.4 is 0 Å². The van der Waals surface area contributed by atoms with Crippen molar-refractivity contribution in [3.05, 3.63) is 58.9 Å². The third kappa shape index (κ3) is 3.08. The SMILES string of the molecule is CCn1cc(C(=O)C=Cc2cccc(Cl)c2)cn1. The number of benzene rings is 1. The summed E-state index contributed by atoms with van der Waals surface area (Å²) in [5.74, 6) is -0.0605. The lowest BCUT2D eigenvalue weighted by Gasteiger charge is -1.94. The summed E-state index contributed by atoms with van der Waals surface area (Å²) in [7, 11) is 0. The number of halogens is 1. The molecule has 0 aliphatic carbocycles. The van der Waals surface area contributed by atoms with Gasteiger partial charge in [0.1, 0.15) is 0 Å². The van der Waals surface area contributed by atoms with Gasteiger partial charge in [-0.3, -0.25) is 9.48 Å². The predicted molar refractivity (Wildman–Crippen MR) is 72.7 cm³/mol. The second-order valence-corrected chi connectivity index (χ2v) is 4.27. The minimum absolute atomic E-state index is 0.0605. The minimum atomic E-state index is -0.0605. The summed E-state index contributed by atoms with van der Waals surface area (Å²) >= 11 is 5.87. The molecule has 0 atom stereocenters. The van der Waals surface area contributed by atoms with E-state index < -0.39 is 0 Å². The average molecular weight is 261 g/mol. The molecule has 4 heteroatoms. The van der Waals surface area contributed by atoms with E-state index >= 15 is 0 Å². The fourth-order valence-corrected chi connectivity index (χ4v) is 1.74. The van der Waals surface area contributed by atoms with Gasteiger partial charge in [0.05, 0.1) is 11.8 Å². The largest absolute Gasteiger partial charge is 0.289 e. The third-order valence-electron chi connectivity index (χ3n) is 2.52. The van der Waals surface area contributed by atoms with Crippen molar-refractivity contribution in [2.45, 2.75) is 13.5 Å². The molecule has 92 valence electrons. The van der Waals surface area contributed by atoms with Crippen molar-refractivity contribution in [1.29, 1.82) is 0 Å². The van der Waals surface area contributed by atoms with Crippen molar-refractivity contribution in [3.63, 3.8) is 0 Å². The Morgan fingerprint density at radius 3 is 3.00 bits per heavy atom. The first-order chi connectivity index (χ1) is 8.69. The second kappa shape index (κ2) is 5.65. The van der Waals surface area contributed by atoms with Crippen molar-refractivity contribution in [3.8, 4) is 0 Å². The van der Waals surface area contributed by atoms with Crippen molar-refractivity contribution in [2.75, 3.05) is 0 Å². The van der Waals surface area contributed by atoms with Crippen LogP contribution in [0.1, 0.15) is 22.8 Å². The number of ketones is 1. The summed E-state index contributed by atoms with van der Waals surface area (Å²) in [4.78, 5) is 11.9. The Bertz CT molecular complexity index is 587. The van der Waals surface area contributed by atoms with E-state index in [2.05, 4.69) is 5.10 Å². The zero-order valence-corrected chi connectivity index (χ0v) is 10.8. The number of nitrogens with zero attached hydrogens (tertiary/aromatic N) is 2. The highest BCUT2D eigenvalue weighted by Crippen LogP contribution is 2.12. The number of aryl methyl sites for hydroxylation is 1. The van der Waals surface area contributed by atoms with Gasteiger partial charge in [0.15, 0.2) is 5.78 Å². The molecule has 0 spiro atoms. The van der Waals surface area contributed by atoms with Gasteiger partial charge in [-0.1, -0.05) is 29.8 Å². The van der Waals surface area contributed by atoms with Crippen LogP contribution in [0.2, 0.25) is 5.02 Å². The zero-order chi connectivity index (χ0) is 13.0. The molecule has 0 radical (unpaired) electrons. The van der Waals surface area contributed by atoms with Gasteiger partial charge in [0.2, 0.25) is 0 Å². The fraction of sp³-hybridized carbons (Fsp3) is 0.143. The minimum Gasteiger partial charge on any atom is -0.289 e. The first-order valence-electron chi connectivity index (χ1n) is 5.69. The predicted octanol–water partition coefficient (Wildman–Crippen LogP) is 3.45. The summed E-state index contributed by atoms with van der Waals surface area (Å²) < 4.78 is 1.72. The molecule has 0 saturated carbocycles. The van der Waals surface area contributed by atoms with Crippen LogP contribution in [0, 0.1) is 0 Å². The van der Waals surface area contributed by atoms with Crippen LogP contribution in [0.4, 0.5) is 0 Å². The van der Waals surface area contributed by atoms with Gasteiger partial charge in [-0.25, -0.2) is 0 Å². The number of aromatic nitrogens is 2. The molecule has 0 saturated heterocycles. The molecule has 0 fully saturated rings. The lowest BCUT2D eigenvalue weighted by molar-refractivity contribution is 0.104. The number of carbonyl (C=O) groups excluding carboxylic acids is 1. The van der Waals surface area contributed by atoms with Crippen LogP contribution in [0.25, 0.3) is 6.08 Å². The average Bonchev–Trinajstić information content (AvgIpc) is 2.85. The van der Waals surface area contributed by atoms with E-state index in [9.17, 15) is 4.79 Å². The van der Waals surface area contributed by atoms with Crippen LogP contribution in [0.5, 0.6) is 0 Å². The highest BCUT2D eigenvalue weighted by atomic mass is 35.5. The summed E-state index contributed by atoms with van der Waals surface area (Å²) in [6, 6.07) is 7.35. The molecule has 0 aliphatic rings. The fourth-order valence-electron chi connectivity index (χ4n) is 1.54. The van der Waals surface area contributed by atoms with E-state index in [1.54, 1.807) is 35.3 Å². The van der Waals surface area contributed by atoms with E-state index in [1.807, 2.05) is 19.1 Å². The third-order valence-corrected chi connectivity index (χ3v) is 2.75. The maximum absolute atomic E-state index is 11.9. The van der Waals surface area contributed by atoms with Gasteiger partial charge < -0.3 is 0 Å². The van der Waals surface area contributed by atoms with E-state index in [0.717, 1.165) is 12.1 Å². The number of carbonyl (C=O) groups is 1.